The van der Waals surface area contributed by atoms with Gasteiger partial charge in [-0.2, -0.15) is 0 Å². The van der Waals surface area contributed by atoms with Gasteiger partial charge < -0.3 is 25.2 Å². The van der Waals surface area contributed by atoms with Gasteiger partial charge in [-0.1, -0.05) is 0 Å². The Morgan fingerprint density at radius 1 is 1.30 bits per heavy atom. The number of aliphatic hydroxyl groups excluding tert-OH is 1. The van der Waals surface area contributed by atoms with Gasteiger partial charge in [0.15, 0.2) is 0 Å². The maximum Gasteiger partial charge on any atom is 0.251 e. The lowest BCUT2D eigenvalue weighted by atomic mass is 10.1. The van der Waals surface area contributed by atoms with Gasteiger partial charge in [-0.15, -0.1) is 0 Å². The van der Waals surface area contributed by atoms with Crippen LogP contribution in [0.5, 0.6) is 11.5 Å². The second-order valence-electron chi connectivity index (χ2n) is 4.80. The Labute approximate surface area is 118 Å². The van der Waals surface area contributed by atoms with Crippen LogP contribution in [-0.2, 0) is 0 Å². The van der Waals surface area contributed by atoms with E-state index >= 15 is 0 Å². The van der Waals surface area contributed by atoms with E-state index in [1.807, 2.05) is 0 Å². The predicted molar refractivity (Wildman–Crippen MR) is 74.2 cm³/mol. The van der Waals surface area contributed by atoms with Gasteiger partial charge in [0, 0.05) is 37.2 Å². The molecule has 0 saturated carbocycles. The summed E-state index contributed by atoms with van der Waals surface area (Å²) in [4.78, 5) is 12.1. The number of rotatable bonds is 5. The van der Waals surface area contributed by atoms with E-state index in [-0.39, 0.29) is 11.8 Å². The van der Waals surface area contributed by atoms with Crippen LogP contribution in [0, 0.1) is 5.92 Å². The maximum atomic E-state index is 12.1. The van der Waals surface area contributed by atoms with Crippen LogP contribution in [0.1, 0.15) is 10.4 Å². The van der Waals surface area contributed by atoms with Crippen molar-refractivity contribution in [3.05, 3.63) is 23.8 Å². The molecule has 1 aliphatic heterocycles. The van der Waals surface area contributed by atoms with Gasteiger partial charge in [-0.25, -0.2) is 0 Å². The fourth-order valence-electron chi connectivity index (χ4n) is 2.19. The standard InChI is InChI=1S/C14H20N2O4/c1-19-11-3-9(4-12(5-11)20-2)14(18)16-7-10-6-15-8-13(10)17/h3-5,10,13,15,17H,6-8H2,1-2H3,(H,16,18). The zero-order valence-corrected chi connectivity index (χ0v) is 11.7. The summed E-state index contributed by atoms with van der Waals surface area (Å²) < 4.78 is 10.3. The first kappa shape index (κ1) is 14.6. The molecule has 1 aromatic rings. The van der Waals surface area contributed by atoms with Gasteiger partial charge in [0.25, 0.3) is 5.91 Å². The largest absolute Gasteiger partial charge is 0.497 e. The Morgan fingerprint density at radius 3 is 2.45 bits per heavy atom. The van der Waals surface area contributed by atoms with Crippen LogP contribution in [0.25, 0.3) is 0 Å². The number of hydrogen-bond donors (Lipinski definition) is 3. The van der Waals surface area contributed by atoms with E-state index in [1.54, 1.807) is 18.2 Å². The molecule has 1 heterocycles. The molecule has 2 atom stereocenters. The molecule has 1 aromatic carbocycles. The number of carbonyl (C=O) groups is 1. The molecule has 1 fully saturated rings. The molecule has 1 amide bonds. The molecule has 1 saturated heterocycles. The van der Waals surface area contributed by atoms with Gasteiger partial charge in [0.1, 0.15) is 11.5 Å². The zero-order valence-electron chi connectivity index (χ0n) is 11.7. The summed E-state index contributed by atoms with van der Waals surface area (Å²) >= 11 is 0. The number of ether oxygens (including phenoxy) is 2. The number of methoxy groups -OCH3 is 2. The van der Waals surface area contributed by atoms with Gasteiger partial charge in [0.05, 0.1) is 20.3 Å². The molecule has 2 rings (SSSR count). The van der Waals surface area contributed by atoms with E-state index in [9.17, 15) is 9.90 Å². The number of nitrogens with one attached hydrogen (secondary N) is 2. The minimum atomic E-state index is -0.407. The van der Waals surface area contributed by atoms with E-state index in [0.29, 0.717) is 36.7 Å². The Morgan fingerprint density at radius 2 is 1.95 bits per heavy atom. The van der Waals surface area contributed by atoms with Crippen molar-refractivity contribution >= 4 is 5.91 Å². The van der Waals surface area contributed by atoms with Crippen molar-refractivity contribution in [2.45, 2.75) is 6.10 Å². The first-order chi connectivity index (χ1) is 9.63. The Kier molecular flexibility index (Phi) is 4.81. The summed E-state index contributed by atoms with van der Waals surface area (Å²) in [6.07, 6.45) is -0.407. The second-order valence-corrected chi connectivity index (χ2v) is 4.80. The van der Waals surface area contributed by atoms with Crippen molar-refractivity contribution in [3.63, 3.8) is 0 Å². The molecule has 1 aliphatic rings. The van der Waals surface area contributed by atoms with Crippen LogP contribution >= 0.6 is 0 Å². The van der Waals surface area contributed by atoms with E-state index < -0.39 is 6.10 Å². The Hall–Kier alpha value is -1.79. The fourth-order valence-corrected chi connectivity index (χ4v) is 2.19. The molecule has 20 heavy (non-hydrogen) atoms. The van der Waals surface area contributed by atoms with Crippen molar-refractivity contribution in [1.29, 1.82) is 0 Å². The minimum absolute atomic E-state index is 0.0476. The molecule has 0 aliphatic carbocycles. The highest BCUT2D eigenvalue weighted by Crippen LogP contribution is 2.22. The third kappa shape index (κ3) is 3.40. The van der Waals surface area contributed by atoms with Gasteiger partial charge in [-0.05, 0) is 12.1 Å². The first-order valence-corrected chi connectivity index (χ1v) is 6.54. The molecule has 110 valence electrons. The average molecular weight is 280 g/mol. The number of aliphatic hydroxyl groups is 1. The summed E-state index contributed by atoms with van der Waals surface area (Å²) in [5.74, 6) is 0.974. The number of carbonyl (C=O) groups excluding carboxylic acids is 1. The Bertz CT molecular complexity index is 456. The number of hydrogen-bond acceptors (Lipinski definition) is 5. The maximum absolute atomic E-state index is 12.1. The van der Waals surface area contributed by atoms with Gasteiger partial charge in [-0.3, -0.25) is 4.79 Å². The smallest absolute Gasteiger partial charge is 0.251 e. The quantitative estimate of drug-likeness (QED) is 0.708. The molecule has 6 nitrogen and oxygen atoms in total. The van der Waals surface area contributed by atoms with E-state index in [2.05, 4.69) is 10.6 Å². The van der Waals surface area contributed by atoms with E-state index in [0.717, 1.165) is 0 Å². The highest BCUT2D eigenvalue weighted by Gasteiger charge is 2.25. The summed E-state index contributed by atoms with van der Waals surface area (Å²) in [5.41, 5.74) is 0.474. The minimum Gasteiger partial charge on any atom is -0.497 e. The van der Waals surface area contributed by atoms with Crippen LogP contribution in [0.4, 0.5) is 0 Å². The van der Waals surface area contributed by atoms with Crippen molar-refractivity contribution < 1.29 is 19.4 Å². The monoisotopic (exact) mass is 280 g/mol. The average Bonchev–Trinajstić information content (AvgIpc) is 2.89. The van der Waals surface area contributed by atoms with Crippen molar-refractivity contribution in [1.82, 2.24) is 10.6 Å². The third-order valence-corrected chi connectivity index (χ3v) is 3.44. The van der Waals surface area contributed by atoms with Crippen LogP contribution in [0.2, 0.25) is 0 Å². The van der Waals surface area contributed by atoms with Gasteiger partial charge >= 0.3 is 0 Å². The van der Waals surface area contributed by atoms with Gasteiger partial charge in [0.2, 0.25) is 0 Å². The molecule has 0 aromatic heterocycles. The SMILES string of the molecule is COc1cc(OC)cc(C(=O)NCC2CNCC2O)c1. The van der Waals surface area contributed by atoms with Crippen LogP contribution < -0.4 is 20.1 Å². The Balaban J connectivity index is 2.01. The highest BCUT2D eigenvalue weighted by molar-refractivity contribution is 5.95. The lowest BCUT2D eigenvalue weighted by molar-refractivity contribution is 0.0926. The fraction of sp³-hybridized carbons (Fsp3) is 0.500. The van der Waals surface area contributed by atoms with Crippen molar-refractivity contribution in [2.75, 3.05) is 33.9 Å². The van der Waals surface area contributed by atoms with Crippen LogP contribution in [-0.4, -0.2) is 51.0 Å². The normalized spacial score (nSPS) is 21.6. The number of β-amino-alcohol motifs (C(OH)–C–C–N with tert-alkyl or cyclic N) is 1. The number of benzene rings is 1. The molecule has 0 radical (unpaired) electrons. The number of amides is 1. The van der Waals surface area contributed by atoms with Crippen LogP contribution in [0.15, 0.2) is 18.2 Å². The summed E-state index contributed by atoms with van der Waals surface area (Å²) in [5, 5.41) is 15.6. The third-order valence-electron chi connectivity index (χ3n) is 3.44. The van der Waals surface area contributed by atoms with Crippen molar-refractivity contribution in [2.24, 2.45) is 5.92 Å². The molecule has 0 spiro atoms. The van der Waals surface area contributed by atoms with E-state index in [1.165, 1.54) is 14.2 Å². The van der Waals surface area contributed by atoms with Crippen LogP contribution in [0.3, 0.4) is 0 Å². The summed E-state index contributed by atoms with van der Waals surface area (Å²) in [6, 6.07) is 5.02. The molecule has 2 unspecified atom stereocenters. The van der Waals surface area contributed by atoms with Crippen molar-refractivity contribution in [3.8, 4) is 11.5 Å². The second kappa shape index (κ2) is 6.58. The highest BCUT2D eigenvalue weighted by atomic mass is 16.5. The zero-order chi connectivity index (χ0) is 14.5. The van der Waals surface area contributed by atoms with E-state index in [4.69, 9.17) is 9.47 Å². The molecule has 3 N–H and O–H groups in total. The molecule has 6 heteroatoms. The lowest BCUT2D eigenvalue weighted by Crippen LogP contribution is -2.34. The first-order valence-electron chi connectivity index (χ1n) is 6.54. The topological polar surface area (TPSA) is 79.8 Å². The molecular weight excluding hydrogens is 260 g/mol. The summed E-state index contributed by atoms with van der Waals surface area (Å²) in [7, 11) is 3.08. The molecule has 0 bridgehead atoms. The lowest BCUT2D eigenvalue weighted by Gasteiger charge is -2.14. The molecular formula is C14H20N2O4. The predicted octanol–water partition coefficient (Wildman–Crippen LogP) is 0.0139. The summed E-state index contributed by atoms with van der Waals surface area (Å²) in [6.45, 7) is 1.73.